The topological polar surface area (TPSA) is 3.24 Å². The third-order valence-corrected chi connectivity index (χ3v) is 3.72. The molecule has 11 heavy (non-hydrogen) atoms. The van der Waals surface area contributed by atoms with E-state index in [4.69, 9.17) is 11.6 Å². The Morgan fingerprint density at radius 3 is 3.00 bits per heavy atom. The van der Waals surface area contributed by atoms with Crippen molar-refractivity contribution in [1.82, 2.24) is 4.90 Å². The summed E-state index contributed by atoms with van der Waals surface area (Å²) >= 11 is 5.85. The standard InChI is InChI=1S/C9H16ClN/c1-11-4-2-3-9(7-11)5-8(9)6-10/h8H,2-7H2,1H3. The van der Waals surface area contributed by atoms with Crippen molar-refractivity contribution in [1.29, 1.82) is 0 Å². The van der Waals surface area contributed by atoms with Gasteiger partial charge in [-0.05, 0) is 44.2 Å². The van der Waals surface area contributed by atoms with E-state index in [1.807, 2.05) is 0 Å². The Bertz CT molecular complexity index is 160. The molecular weight excluding hydrogens is 158 g/mol. The zero-order valence-corrected chi connectivity index (χ0v) is 7.90. The summed E-state index contributed by atoms with van der Waals surface area (Å²) in [5, 5.41) is 0. The molecule has 1 aliphatic carbocycles. The van der Waals surface area contributed by atoms with E-state index in [1.54, 1.807) is 0 Å². The van der Waals surface area contributed by atoms with Gasteiger partial charge in [0.25, 0.3) is 0 Å². The molecule has 2 unspecified atom stereocenters. The van der Waals surface area contributed by atoms with Crippen molar-refractivity contribution in [3.05, 3.63) is 0 Å². The number of alkyl halides is 1. The van der Waals surface area contributed by atoms with Crippen LogP contribution in [0.3, 0.4) is 0 Å². The van der Waals surface area contributed by atoms with Gasteiger partial charge in [-0.25, -0.2) is 0 Å². The zero-order valence-electron chi connectivity index (χ0n) is 7.15. The van der Waals surface area contributed by atoms with Crippen LogP contribution in [-0.2, 0) is 0 Å². The van der Waals surface area contributed by atoms with Crippen LogP contribution in [0.25, 0.3) is 0 Å². The number of piperidine rings is 1. The van der Waals surface area contributed by atoms with Crippen LogP contribution in [0.5, 0.6) is 0 Å². The van der Waals surface area contributed by atoms with Gasteiger partial charge in [-0.15, -0.1) is 11.6 Å². The molecule has 1 spiro atoms. The summed E-state index contributed by atoms with van der Waals surface area (Å²) in [5.74, 6) is 1.72. The Morgan fingerprint density at radius 2 is 2.45 bits per heavy atom. The minimum atomic E-state index is 0.661. The van der Waals surface area contributed by atoms with Gasteiger partial charge < -0.3 is 4.90 Å². The van der Waals surface area contributed by atoms with Crippen LogP contribution >= 0.6 is 11.6 Å². The van der Waals surface area contributed by atoms with E-state index >= 15 is 0 Å². The summed E-state index contributed by atoms with van der Waals surface area (Å²) < 4.78 is 0. The first-order valence-electron chi connectivity index (χ1n) is 4.51. The summed E-state index contributed by atoms with van der Waals surface area (Å²) in [6.07, 6.45) is 4.19. The molecule has 1 heterocycles. The SMILES string of the molecule is CN1CCCC2(CC2CCl)C1. The predicted molar refractivity (Wildman–Crippen MR) is 48.0 cm³/mol. The molecule has 0 aromatic rings. The van der Waals surface area contributed by atoms with E-state index in [-0.39, 0.29) is 0 Å². The van der Waals surface area contributed by atoms with Crippen LogP contribution in [-0.4, -0.2) is 30.9 Å². The average molecular weight is 174 g/mol. The molecule has 2 aliphatic rings. The Labute approximate surface area is 73.7 Å². The fraction of sp³-hybridized carbons (Fsp3) is 1.00. The number of likely N-dealkylation sites (tertiary alicyclic amines) is 1. The summed E-state index contributed by atoms with van der Waals surface area (Å²) in [5.41, 5.74) is 0.661. The molecule has 0 aromatic carbocycles. The van der Waals surface area contributed by atoms with Gasteiger partial charge in [-0.2, -0.15) is 0 Å². The van der Waals surface area contributed by atoms with Gasteiger partial charge in [0.05, 0.1) is 0 Å². The number of hydrogen-bond donors (Lipinski definition) is 0. The lowest BCUT2D eigenvalue weighted by molar-refractivity contribution is 0.184. The van der Waals surface area contributed by atoms with E-state index in [1.165, 1.54) is 32.4 Å². The maximum atomic E-state index is 5.85. The highest BCUT2D eigenvalue weighted by Crippen LogP contribution is 2.57. The molecule has 2 fully saturated rings. The molecule has 1 aliphatic heterocycles. The summed E-state index contributed by atoms with van der Waals surface area (Å²) in [4.78, 5) is 2.45. The Morgan fingerprint density at radius 1 is 1.64 bits per heavy atom. The van der Waals surface area contributed by atoms with Crippen LogP contribution in [0.15, 0.2) is 0 Å². The largest absolute Gasteiger partial charge is 0.306 e. The lowest BCUT2D eigenvalue weighted by atomic mass is 9.93. The fourth-order valence-electron chi connectivity index (χ4n) is 2.55. The van der Waals surface area contributed by atoms with Crippen LogP contribution in [0, 0.1) is 11.3 Å². The quantitative estimate of drug-likeness (QED) is 0.548. The van der Waals surface area contributed by atoms with Gasteiger partial charge in [-0.1, -0.05) is 0 Å². The molecule has 1 saturated heterocycles. The van der Waals surface area contributed by atoms with E-state index in [0.29, 0.717) is 5.41 Å². The molecule has 2 rings (SSSR count). The summed E-state index contributed by atoms with van der Waals surface area (Å²) in [6, 6.07) is 0. The van der Waals surface area contributed by atoms with Crippen molar-refractivity contribution in [3.8, 4) is 0 Å². The van der Waals surface area contributed by atoms with Gasteiger partial charge in [-0.3, -0.25) is 0 Å². The second-order valence-electron chi connectivity index (χ2n) is 4.26. The Kier molecular flexibility index (Phi) is 1.89. The maximum absolute atomic E-state index is 5.85. The zero-order chi connectivity index (χ0) is 7.90. The van der Waals surface area contributed by atoms with E-state index in [9.17, 15) is 0 Å². The van der Waals surface area contributed by atoms with Crippen molar-refractivity contribution in [3.63, 3.8) is 0 Å². The molecule has 0 aromatic heterocycles. The van der Waals surface area contributed by atoms with E-state index in [2.05, 4.69) is 11.9 Å². The van der Waals surface area contributed by atoms with Crippen molar-refractivity contribution >= 4 is 11.6 Å². The van der Waals surface area contributed by atoms with Crippen LogP contribution < -0.4 is 0 Å². The molecule has 0 radical (unpaired) electrons. The van der Waals surface area contributed by atoms with Crippen LogP contribution in [0.1, 0.15) is 19.3 Å². The molecule has 0 amide bonds. The van der Waals surface area contributed by atoms with Crippen molar-refractivity contribution in [2.75, 3.05) is 26.0 Å². The molecular formula is C9H16ClN. The smallest absolute Gasteiger partial charge is 0.0257 e. The predicted octanol–water partition coefficient (Wildman–Crippen LogP) is 1.96. The van der Waals surface area contributed by atoms with Gasteiger partial charge >= 0.3 is 0 Å². The summed E-state index contributed by atoms with van der Waals surface area (Å²) in [7, 11) is 2.23. The maximum Gasteiger partial charge on any atom is 0.0257 e. The van der Waals surface area contributed by atoms with Crippen molar-refractivity contribution in [2.24, 2.45) is 11.3 Å². The highest BCUT2D eigenvalue weighted by atomic mass is 35.5. The number of nitrogens with zero attached hydrogens (tertiary/aromatic N) is 1. The van der Waals surface area contributed by atoms with Gasteiger partial charge in [0.2, 0.25) is 0 Å². The van der Waals surface area contributed by atoms with Gasteiger partial charge in [0.1, 0.15) is 0 Å². The highest BCUT2D eigenvalue weighted by molar-refractivity contribution is 6.18. The minimum Gasteiger partial charge on any atom is -0.306 e. The van der Waals surface area contributed by atoms with Crippen molar-refractivity contribution < 1.29 is 0 Å². The molecule has 0 N–H and O–H groups in total. The van der Waals surface area contributed by atoms with E-state index < -0.39 is 0 Å². The normalized spacial score (nSPS) is 44.7. The first-order chi connectivity index (χ1) is 5.27. The van der Waals surface area contributed by atoms with Crippen LogP contribution in [0.4, 0.5) is 0 Å². The Hall–Kier alpha value is 0.250. The first-order valence-corrected chi connectivity index (χ1v) is 5.05. The second-order valence-corrected chi connectivity index (χ2v) is 4.57. The van der Waals surface area contributed by atoms with Gasteiger partial charge in [0.15, 0.2) is 0 Å². The number of halogens is 1. The minimum absolute atomic E-state index is 0.661. The molecule has 1 nitrogen and oxygen atoms in total. The molecule has 0 bridgehead atoms. The fourth-order valence-corrected chi connectivity index (χ4v) is 2.98. The molecule has 64 valence electrons. The summed E-state index contributed by atoms with van der Waals surface area (Å²) in [6.45, 7) is 2.58. The van der Waals surface area contributed by atoms with Crippen molar-refractivity contribution in [2.45, 2.75) is 19.3 Å². The first kappa shape index (κ1) is 7.88. The van der Waals surface area contributed by atoms with E-state index in [0.717, 1.165) is 11.8 Å². The third-order valence-electron chi connectivity index (χ3n) is 3.34. The van der Waals surface area contributed by atoms with Crippen LogP contribution in [0.2, 0.25) is 0 Å². The highest BCUT2D eigenvalue weighted by Gasteiger charge is 2.54. The number of hydrogen-bond acceptors (Lipinski definition) is 1. The van der Waals surface area contributed by atoms with Gasteiger partial charge in [0, 0.05) is 12.4 Å². The monoisotopic (exact) mass is 173 g/mol. The molecule has 1 saturated carbocycles. The lowest BCUT2D eigenvalue weighted by Gasteiger charge is -2.30. The molecule has 2 atom stereocenters. The Balaban J connectivity index is 1.95. The average Bonchev–Trinajstić information content (AvgIpc) is 2.63. The molecule has 2 heteroatoms. The second kappa shape index (κ2) is 2.63. The lowest BCUT2D eigenvalue weighted by Crippen LogP contribution is -2.34. The number of rotatable bonds is 1. The third kappa shape index (κ3) is 1.29.